The number of ether oxygens (including phenoxy) is 1. The van der Waals surface area contributed by atoms with Gasteiger partial charge < -0.3 is 4.74 Å². The van der Waals surface area contributed by atoms with Gasteiger partial charge in [0, 0.05) is 6.20 Å². The summed E-state index contributed by atoms with van der Waals surface area (Å²) in [7, 11) is -4.25. The molecule has 0 aliphatic carbocycles. The molecule has 2 heterocycles. The van der Waals surface area contributed by atoms with Gasteiger partial charge in [0.1, 0.15) is 5.75 Å². The Morgan fingerprint density at radius 3 is 2.31 bits per heavy atom. The van der Waals surface area contributed by atoms with Crippen LogP contribution in [0.5, 0.6) is 5.75 Å². The maximum Gasteiger partial charge on any atom is 0.387 e. The van der Waals surface area contributed by atoms with Crippen molar-refractivity contribution in [2.75, 3.05) is 9.62 Å². The lowest BCUT2D eigenvalue weighted by Gasteiger charge is -2.13. The van der Waals surface area contributed by atoms with Crippen LogP contribution < -0.4 is 14.4 Å². The van der Waals surface area contributed by atoms with Gasteiger partial charge in [-0.1, -0.05) is 11.6 Å². The van der Waals surface area contributed by atoms with Crippen LogP contribution in [0.1, 0.15) is 20.7 Å². The average molecular weight is 480 g/mol. The summed E-state index contributed by atoms with van der Waals surface area (Å²) in [4.78, 5) is 30.4. The Bertz CT molecular complexity index is 1320. The lowest BCUT2D eigenvalue weighted by Crippen LogP contribution is -2.29. The number of amides is 2. The fourth-order valence-electron chi connectivity index (χ4n) is 3.13. The van der Waals surface area contributed by atoms with E-state index in [9.17, 15) is 26.8 Å². The SMILES string of the molecule is O=C1c2c(Cl)ccc(NS(=O)(=O)c3ccc(OC(F)F)cc3)c2C(=O)N1c1cccnc1. The molecule has 0 saturated heterocycles. The first-order valence-electron chi connectivity index (χ1n) is 8.88. The molecule has 0 radical (unpaired) electrons. The lowest BCUT2D eigenvalue weighted by atomic mass is 10.1. The van der Waals surface area contributed by atoms with E-state index in [1.165, 1.54) is 36.7 Å². The standard InChI is InChI=1S/C20H12ClF2N3O5S/c21-14-7-8-15(25-32(29,30)13-5-3-12(4-6-13)31-20(22)23)17-16(14)18(27)26(19(17)28)11-2-1-9-24-10-11/h1-10,20,25H. The summed E-state index contributed by atoms with van der Waals surface area (Å²) in [6.45, 7) is -3.06. The maximum absolute atomic E-state index is 13.0. The van der Waals surface area contributed by atoms with Gasteiger partial charge in [0.05, 0.1) is 38.6 Å². The van der Waals surface area contributed by atoms with Gasteiger partial charge in [0.2, 0.25) is 0 Å². The molecule has 0 saturated carbocycles. The van der Waals surface area contributed by atoms with Gasteiger partial charge in [-0.2, -0.15) is 8.78 Å². The van der Waals surface area contributed by atoms with Crippen molar-refractivity contribution in [3.63, 3.8) is 0 Å². The number of imide groups is 1. The minimum atomic E-state index is -4.25. The fourth-order valence-corrected chi connectivity index (χ4v) is 4.44. The number of alkyl halides is 2. The van der Waals surface area contributed by atoms with Crippen molar-refractivity contribution >= 4 is 44.8 Å². The zero-order chi connectivity index (χ0) is 23.0. The first-order chi connectivity index (χ1) is 15.2. The van der Waals surface area contributed by atoms with Gasteiger partial charge in [0.25, 0.3) is 21.8 Å². The summed E-state index contributed by atoms with van der Waals surface area (Å²) >= 11 is 6.13. The van der Waals surface area contributed by atoms with Crippen LogP contribution in [0.15, 0.2) is 65.8 Å². The molecule has 1 aliphatic heterocycles. The highest BCUT2D eigenvalue weighted by atomic mass is 35.5. The Hall–Kier alpha value is -3.57. The van der Waals surface area contributed by atoms with E-state index in [-0.39, 0.29) is 38.2 Å². The van der Waals surface area contributed by atoms with Crippen LogP contribution >= 0.6 is 11.6 Å². The van der Waals surface area contributed by atoms with Crippen molar-refractivity contribution in [3.8, 4) is 5.75 Å². The van der Waals surface area contributed by atoms with Crippen LogP contribution in [0, 0.1) is 0 Å². The molecule has 32 heavy (non-hydrogen) atoms. The molecule has 0 bridgehead atoms. The monoisotopic (exact) mass is 479 g/mol. The minimum Gasteiger partial charge on any atom is -0.435 e. The molecule has 1 aliphatic rings. The normalized spacial score (nSPS) is 13.4. The minimum absolute atomic E-state index is 0.0267. The molecule has 8 nitrogen and oxygen atoms in total. The van der Waals surface area contributed by atoms with Gasteiger partial charge in [-0.05, 0) is 48.5 Å². The number of halogens is 3. The quantitative estimate of drug-likeness (QED) is 0.537. The van der Waals surface area contributed by atoms with E-state index in [4.69, 9.17) is 11.6 Å². The summed E-state index contributed by atoms with van der Waals surface area (Å²) in [5, 5.41) is -0.0267. The molecule has 1 N–H and O–H groups in total. The fraction of sp³-hybridized carbons (Fsp3) is 0.0500. The van der Waals surface area contributed by atoms with Crippen LogP contribution in [0.3, 0.4) is 0 Å². The Morgan fingerprint density at radius 2 is 1.69 bits per heavy atom. The summed E-state index contributed by atoms with van der Waals surface area (Å²) in [5.41, 5.74) is -0.339. The number of hydrogen-bond donors (Lipinski definition) is 1. The van der Waals surface area contributed by atoms with Crippen molar-refractivity contribution < 1.29 is 31.5 Å². The number of rotatable bonds is 6. The second-order valence-electron chi connectivity index (χ2n) is 6.46. The maximum atomic E-state index is 13.0. The van der Waals surface area contributed by atoms with E-state index < -0.39 is 28.4 Å². The number of sulfonamides is 1. The predicted molar refractivity (Wildman–Crippen MR) is 111 cm³/mol. The first-order valence-corrected chi connectivity index (χ1v) is 10.7. The molecule has 2 amide bonds. The molecule has 1 aromatic heterocycles. The second kappa shape index (κ2) is 8.17. The Kier molecular flexibility index (Phi) is 5.53. The van der Waals surface area contributed by atoms with Crippen molar-refractivity contribution in [3.05, 3.63) is 77.1 Å². The Labute approximate surface area is 185 Å². The number of pyridine rings is 1. The van der Waals surface area contributed by atoms with Crippen LogP contribution in [-0.4, -0.2) is 31.8 Å². The highest BCUT2D eigenvalue weighted by molar-refractivity contribution is 7.92. The first kappa shape index (κ1) is 21.7. The third-order valence-electron chi connectivity index (χ3n) is 4.50. The Balaban J connectivity index is 1.70. The second-order valence-corrected chi connectivity index (χ2v) is 8.55. The van der Waals surface area contributed by atoms with Crippen molar-refractivity contribution in [2.24, 2.45) is 0 Å². The molecule has 12 heteroatoms. The topological polar surface area (TPSA) is 106 Å². The molecule has 4 rings (SSSR count). The van der Waals surface area contributed by atoms with E-state index in [0.29, 0.717) is 0 Å². The summed E-state index contributed by atoms with van der Waals surface area (Å²) in [6, 6.07) is 9.81. The molecule has 0 unspecified atom stereocenters. The van der Waals surface area contributed by atoms with Crippen molar-refractivity contribution in [1.82, 2.24) is 4.98 Å². The highest BCUT2D eigenvalue weighted by Gasteiger charge is 2.41. The predicted octanol–water partition coefficient (Wildman–Crippen LogP) is 3.94. The zero-order valence-corrected chi connectivity index (χ0v) is 17.4. The van der Waals surface area contributed by atoms with Gasteiger partial charge in [-0.3, -0.25) is 19.3 Å². The summed E-state index contributed by atoms with van der Waals surface area (Å²) in [6.07, 6.45) is 2.77. The molecule has 2 aromatic carbocycles. The number of hydrogen-bond acceptors (Lipinski definition) is 6. The molecule has 3 aromatic rings. The van der Waals surface area contributed by atoms with Crippen molar-refractivity contribution in [2.45, 2.75) is 11.5 Å². The van der Waals surface area contributed by atoms with Crippen LogP contribution in [-0.2, 0) is 10.0 Å². The van der Waals surface area contributed by atoms with Crippen LogP contribution in [0.2, 0.25) is 5.02 Å². The smallest absolute Gasteiger partial charge is 0.387 e. The summed E-state index contributed by atoms with van der Waals surface area (Å²) < 4.78 is 56.7. The number of anilines is 2. The molecular weight excluding hydrogens is 468 g/mol. The highest BCUT2D eigenvalue weighted by Crippen LogP contribution is 2.37. The van der Waals surface area contributed by atoms with E-state index in [0.717, 1.165) is 29.2 Å². The Morgan fingerprint density at radius 1 is 1.00 bits per heavy atom. The van der Waals surface area contributed by atoms with Crippen LogP contribution in [0.4, 0.5) is 20.2 Å². The largest absolute Gasteiger partial charge is 0.435 e. The lowest BCUT2D eigenvalue weighted by molar-refractivity contribution is -0.0498. The van der Waals surface area contributed by atoms with Gasteiger partial charge in [-0.25, -0.2) is 13.3 Å². The average Bonchev–Trinajstić information content (AvgIpc) is 3.02. The number of carbonyl (C=O) groups excluding carboxylic acids is 2. The number of nitrogens with zero attached hydrogens (tertiary/aromatic N) is 2. The third kappa shape index (κ3) is 3.87. The molecule has 0 spiro atoms. The van der Waals surface area contributed by atoms with E-state index >= 15 is 0 Å². The van der Waals surface area contributed by atoms with E-state index in [1.807, 2.05) is 0 Å². The van der Waals surface area contributed by atoms with Crippen LogP contribution in [0.25, 0.3) is 0 Å². The van der Waals surface area contributed by atoms with Gasteiger partial charge in [0.15, 0.2) is 0 Å². The van der Waals surface area contributed by atoms with E-state index in [1.54, 1.807) is 0 Å². The number of nitrogens with one attached hydrogen (secondary N) is 1. The van der Waals surface area contributed by atoms with Gasteiger partial charge in [-0.15, -0.1) is 0 Å². The number of carbonyl (C=O) groups is 2. The molecular formula is C20H12ClF2N3O5S. The van der Waals surface area contributed by atoms with Crippen molar-refractivity contribution in [1.29, 1.82) is 0 Å². The molecule has 0 atom stereocenters. The zero-order valence-electron chi connectivity index (χ0n) is 15.8. The number of aromatic nitrogens is 1. The summed E-state index contributed by atoms with van der Waals surface area (Å²) in [5.74, 6) is -1.73. The number of fused-ring (bicyclic) bond motifs is 1. The molecule has 0 fully saturated rings. The van der Waals surface area contributed by atoms with Gasteiger partial charge >= 0.3 is 6.61 Å². The number of benzene rings is 2. The van der Waals surface area contributed by atoms with E-state index in [2.05, 4.69) is 14.4 Å². The third-order valence-corrected chi connectivity index (χ3v) is 6.19. The molecule has 164 valence electrons.